The molecule has 1 aliphatic heterocycles. The SMILES string of the molecule is CC(C)c1ncc([C@@H]2[C@H](O)[C@@H](C(=O)N3CCCC3)C[C@H]2NCc2ccc(F)cc2F)[nH]1. The number of aliphatic hydroxyl groups is 1. The number of hydrogen-bond donors (Lipinski definition) is 3. The molecule has 1 aromatic carbocycles. The summed E-state index contributed by atoms with van der Waals surface area (Å²) in [5.41, 5.74) is 1.11. The molecule has 1 aliphatic carbocycles. The number of H-pyrrole nitrogens is 1. The summed E-state index contributed by atoms with van der Waals surface area (Å²) >= 11 is 0. The molecule has 8 heteroatoms. The molecule has 2 aromatic rings. The van der Waals surface area contributed by atoms with E-state index in [0.717, 1.165) is 43.5 Å². The van der Waals surface area contributed by atoms with E-state index in [4.69, 9.17) is 0 Å². The summed E-state index contributed by atoms with van der Waals surface area (Å²) in [6.45, 7) is 5.69. The third-order valence-electron chi connectivity index (χ3n) is 6.55. The number of rotatable bonds is 6. The molecule has 4 rings (SSSR count). The van der Waals surface area contributed by atoms with Gasteiger partial charge in [-0.15, -0.1) is 0 Å². The van der Waals surface area contributed by atoms with Crippen LogP contribution in [0.1, 0.15) is 62.0 Å². The maximum absolute atomic E-state index is 14.1. The first-order chi connectivity index (χ1) is 14.8. The molecule has 1 aromatic heterocycles. The van der Waals surface area contributed by atoms with E-state index in [-0.39, 0.29) is 30.3 Å². The van der Waals surface area contributed by atoms with Crippen LogP contribution >= 0.6 is 0 Å². The van der Waals surface area contributed by atoms with Crippen molar-refractivity contribution in [1.82, 2.24) is 20.2 Å². The number of aromatic amines is 1. The Balaban J connectivity index is 1.56. The number of halogens is 2. The molecule has 3 N–H and O–H groups in total. The van der Waals surface area contributed by atoms with Crippen LogP contribution in [0.2, 0.25) is 0 Å². The van der Waals surface area contributed by atoms with Gasteiger partial charge >= 0.3 is 0 Å². The molecule has 0 bridgehead atoms. The minimum atomic E-state index is -0.871. The Kier molecular flexibility index (Phi) is 6.39. The molecule has 2 fully saturated rings. The number of aromatic nitrogens is 2. The van der Waals surface area contributed by atoms with Crippen molar-refractivity contribution in [2.75, 3.05) is 13.1 Å². The maximum Gasteiger partial charge on any atom is 0.228 e. The van der Waals surface area contributed by atoms with E-state index in [1.807, 2.05) is 18.7 Å². The van der Waals surface area contributed by atoms with Gasteiger partial charge in [-0.2, -0.15) is 0 Å². The number of hydrogen-bond acceptors (Lipinski definition) is 4. The highest BCUT2D eigenvalue weighted by Gasteiger charge is 2.48. The molecule has 0 spiro atoms. The quantitative estimate of drug-likeness (QED) is 0.655. The number of amides is 1. The second-order valence-electron chi connectivity index (χ2n) is 8.99. The lowest BCUT2D eigenvalue weighted by Crippen LogP contribution is -2.38. The van der Waals surface area contributed by atoms with E-state index in [1.165, 1.54) is 12.1 Å². The van der Waals surface area contributed by atoms with Gasteiger partial charge in [0.05, 0.1) is 12.0 Å². The Morgan fingerprint density at radius 3 is 2.71 bits per heavy atom. The van der Waals surface area contributed by atoms with E-state index in [2.05, 4.69) is 15.3 Å². The van der Waals surface area contributed by atoms with Crippen molar-refractivity contribution in [2.24, 2.45) is 5.92 Å². The molecule has 1 saturated heterocycles. The molecule has 4 atom stereocenters. The molecule has 31 heavy (non-hydrogen) atoms. The summed E-state index contributed by atoms with van der Waals surface area (Å²) in [7, 11) is 0. The summed E-state index contributed by atoms with van der Waals surface area (Å²) in [5, 5.41) is 14.5. The van der Waals surface area contributed by atoms with Gasteiger partial charge in [-0.25, -0.2) is 13.8 Å². The molecule has 2 heterocycles. The van der Waals surface area contributed by atoms with E-state index in [9.17, 15) is 18.7 Å². The zero-order valence-corrected chi connectivity index (χ0v) is 17.9. The third-order valence-corrected chi connectivity index (χ3v) is 6.55. The Morgan fingerprint density at radius 2 is 2.06 bits per heavy atom. The number of likely N-dealkylation sites (tertiary alicyclic amines) is 1. The van der Waals surface area contributed by atoms with E-state index in [0.29, 0.717) is 12.0 Å². The summed E-state index contributed by atoms with van der Waals surface area (Å²) in [4.78, 5) is 22.6. The third kappa shape index (κ3) is 4.50. The summed E-state index contributed by atoms with van der Waals surface area (Å²) in [6.07, 6.45) is 3.27. The standard InChI is InChI=1S/C23H30F2N4O2/c1-13(2)22-27-12-19(28-22)20-18(26-11-14-5-6-15(24)9-17(14)25)10-16(21(20)30)23(31)29-7-3-4-8-29/h5-6,9,12-13,16,18,20-21,26,30H,3-4,7-8,10-11H2,1-2H3,(H,27,28)/t16-,18+,20+,21+/m0/s1. The van der Waals surface area contributed by atoms with E-state index in [1.54, 1.807) is 6.20 Å². The number of nitrogens with zero attached hydrogens (tertiary/aromatic N) is 2. The monoisotopic (exact) mass is 432 g/mol. The molecule has 2 aliphatic rings. The molecular formula is C23H30F2N4O2. The molecule has 6 nitrogen and oxygen atoms in total. The van der Waals surface area contributed by atoms with Gasteiger partial charge < -0.3 is 20.3 Å². The Bertz CT molecular complexity index is 926. The van der Waals surface area contributed by atoms with Crippen LogP contribution in [0.3, 0.4) is 0 Å². The molecule has 1 saturated carbocycles. The Labute approximate surface area is 181 Å². The largest absolute Gasteiger partial charge is 0.392 e. The van der Waals surface area contributed by atoms with E-state index < -0.39 is 23.7 Å². The summed E-state index contributed by atoms with van der Waals surface area (Å²) in [6, 6.07) is 3.25. The summed E-state index contributed by atoms with van der Waals surface area (Å²) < 4.78 is 27.3. The molecule has 168 valence electrons. The zero-order valence-electron chi connectivity index (χ0n) is 17.9. The smallest absolute Gasteiger partial charge is 0.228 e. The minimum Gasteiger partial charge on any atom is -0.392 e. The molecule has 0 radical (unpaired) electrons. The molecular weight excluding hydrogens is 402 g/mol. The van der Waals surface area contributed by atoms with Crippen molar-refractivity contribution in [3.05, 3.63) is 53.1 Å². The van der Waals surface area contributed by atoms with Gasteiger partial charge in [0.25, 0.3) is 0 Å². The first kappa shape index (κ1) is 21.9. The predicted molar refractivity (Wildman–Crippen MR) is 112 cm³/mol. The van der Waals surface area contributed by atoms with Crippen LogP contribution in [-0.2, 0) is 11.3 Å². The number of aliphatic hydroxyl groups excluding tert-OH is 1. The van der Waals surface area contributed by atoms with Crippen molar-refractivity contribution < 1.29 is 18.7 Å². The van der Waals surface area contributed by atoms with E-state index >= 15 is 0 Å². The second kappa shape index (κ2) is 9.04. The zero-order chi connectivity index (χ0) is 22.1. The number of carbonyl (C=O) groups is 1. The molecule has 1 amide bonds. The fraction of sp³-hybridized carbons (Fsp3) is 0.565. The predicted octanol–water partition coefficient (Wildman–Crippen LogP) is 3.06. The van der Waals surface area contributed by atoms with Gasteiger partial charge in [0.15, 0.2) is 0 Å². The number of imidazole rings is 1. The Hall–Kier alpha value is -2.32. The highest BCUT2D eigenvalue weighted by molar-refractivity contribution is 5.80. The first-order valence-electron chi connectivity index (χ1n) is 11.0. The lowest BCUT2D eigenvalue weighted by molar-refractivity contribution is -0.137. The van der Waals surface area contributed by atoms with Crippen molar-refractivity contribution >= 4 is 5.91 Å². The van der Waals surface area contributed by atoms with Crippen molar-refractivity contribution in [3.63, 3.8) is 0 Å². The van der Waals surface area contributed by atoms with Crippen LogP contribution in [0.4, 0.5) is 8.78 Å². The van der Waals surface area contributed by atoms with Gasteiger partial charge in [0.2, 0.25) is 5.91 Å². The molecule has 0 unspecified atom stereocenters. The van der Waals surface area contributed by atoms with Crippen LogP contribution in [0.15, 0.2) is 24.4 Å². The van der Waals surface area contributed by atoms with Crippen LogP contribution in [-0.4, -0.2) is 51.1 Å². The second-order valence-corrected chi connectivity index (χ2v) is 8.99. The number of benzene rings is 1. The van der Waals surface area contributed by atoms with Crippen LogP contribution in [0.25, 0.3) is 0 Å². The van der Waals surface area contributed by atoms with Gasteiger partial charge in [0, 0.05) is 61.0 Å². The number of carbonyl (C=O) groups excluding carboxylic acids is 1. The topological polar surface area (TPSA) is 81.2 Å². The Morgan fingerprint density at radius 1 is 1.32 bits per heavy atom. The van der Waals surface area contributed by atoms with Gasteiger partial charge in [-0.05, 0) is 25.3 Å². The maximum atomic E-state index is 14.1. The van der Waals surface area contributed by atoms with Crippen molar-refractivity contribution in [2.45, 2.75) is 63.6 Å². The van der Waals surface area contributed by atoms with Gasteiger partial charge in [-0.3, -0.25) is 4.79 Å². The normalized spacial score (nSPS) is 26.2. The van der Waals surface area contributed by atoms with Crippen LogP contribution < -0.4 is 5.32 Å². The highest BCUT2D eigenvalue weighted by Crippen LogP contribution is 2.40. The average molecular weight is 433 g/mol. The van der Waals surface area contributed by atoms with Crippen LogP contribution in [0, 0.1) is 17.6 Å². The summed E-state index contributed by atoms with van der Waals surface area (Å²) in [5.74, 6) is -1.13. The van der Waals surface area contributed by atoms with Crippen molar-refractivity contribution in [1.29, 1.82) is 0 Å². The fourth-order valence-electron chi connectivity index (χ4n) is 4.80. The lowest BCUT2D eigenvalue weighted by atomic mass is 9.95. The van der Waals surface area contributed by atoms with Gasteiger partial charge in [-0.1, -0.05) is 19.9 Å². The van der Waals surface area contributed by atoms with Crippen molar-refractivity contribution in [3.8, 4) is 0 Å². The van der Waals surface area contributed by atoms with Crippen LogP contribution in [0.5, 0.6) is 0 Å². The first-order valence-corrected chi connectivity index (χ1v) is 11.0. The average Bonchev–Trinajstić information content (AvgIpc) is 3.47. The van der Waals surface area contributed by atoms with Gasteiger partial charge in [0.1, 0.15) is 17.5 Å². The lowest BCUT2D eigenvalue weighted by Gasteiger charge is -2.24. The minimum absolute atomic E-state index is 0.0177. The highest BCUT2D eigenvalue weighted by atomic mass is 19.1. The number of nitrogens with one attached hydrogen (secondary N) is 2. The fourth-order valence-corrected chi connectivity index (χ4v) is 4.80.